The van der Waals surface area contributed by atoms with E-state index >= 15 is 0 Å². The van der Waals surface area contributed by atoms with E-state index in [1.54, 1.807) is 22.7 Å². The van der Waals surface area contributed by atoms with Crippen molar-refractivity contribution in [2.75, 3.05) is 5.32 Å². The zero-order valence-electron chi connectivity index (χ0n) is 15.5. The molecule has 0 saturated heterocycles. The Morgan fingerprint density at radius 1 is 1.04 bits per heavy atom. The number of nitrogens with one attached hydrogen (secondary N) is 1. The highest BCUT2D eigenvalue weighted by atomic mass is 16.5. The third-order valence-corrected chi connectivity index (χ3v) is 4.08. The van der Waals surface area contributed by atoms with Crippen molar-refractivity contribution in [3.05, 3.63) is 72.6 Å². The zero-order valence-corrected chi connectivity index (χ0v) is 15.5. The van der Waals surface area contributed by atoms with Crippen molar-refractivity contribution in [1.29, 1.82) is 0 Å². The van der Waals surface area contributed by atoms with Crippen LogP contribution in [-0.4, -0.2) is 31.6 Å². The van der Waals surface area contributed by atoms with Gasteiger partial charge < -0.3 is 10.1 Å². The molecular formula is C21H19N5O2. The lowest BCUT2D eigenvalue weighted by atomic mass is 10.1. The van der Waals surface area contributed by atoms with Crippen LogP contribution in [0, 0.1) is 0 Å². The van der Waals surface area contributed by atoms with Crippen LogP contribution in [0.15, 0.2) is 67.0 Å². The molecule has 7 heteroatoms. The summed E-state index contributed by atoms with van der Waals surface area (Å²) in [6.45, 7) is 3.94. The number of hydrogen-bond donors (Lipinski definition) is 1. The normalized spacial score (nSPS) is 11.0. The van der Waals surface area contributed by atoms with Crippen LogP contribution in [0.4, 0.5) is 5.69 Å². The molecule has 2 heterocycles. The van der Waals surface area contributed by atoms with Crippen LogP contribution in [0.3, 0.4) is 0 Å². The monoisotopic (exact) mass is 373 g/mol. The second-order valence-corrected chi connectivity index (χ2v) is 6.54. The van der Waals surface area contributed by atoms with E-state index in [-0.39, 0.29) is 12.0 Å². The van der Waals surface area contributed by atoms with E-state index in [0.717, 1.165) is 11.3 Å². The molecule has 1 N–H and O–H groups in total. The summed E-state index contributed by atoms with van der Waals surface area (Å²) in [6, 6.07) is 16.3. The van der Waals surface area contributed by atoms with Gasteiger partial charge in [-0.2, -0.15) is 0 Å². The van der Waals surface area contributed by atoms with Crippen LogP contribution in [0.5, 0.6) is 5.75 Å². The molecule has 0 aliphatic rings. The molecular weight excluding hydrogens is 354 g/mol. The van der Waals surface area contributed by atoms with Gasteiger partial charge in [-0.05, 0) is 56.3 Å². The van der Waals surface area contributed by atoms with Crippen molar-refractivity contribution in [3.63, 3.8) is 0 Å². The summed E-state index contributed by atoms with van der Waals surface area (Å²) < 4.78 is 7.41. The fourth-order valence-electron chi connectivity index (χ4n) is 2.80. The van der Waals surface area contributed by atoms with Gasteiger partial charge >= 0.3 is 0 Å². The minimum atomic E-state index is -0.183. The maximum absolute atomic E-state index is 12.5. The summed E-state index contributed by atoms with van der Waals surface area (Å²) in [7, 11) is 0. The molecule has 7 nitrogen and oxygen atoms in total. The highest BCUT2D eigenvalue weighted by molar-refractivity contribution is 6.04. The van der Waals surface area contributed by atoms with E-state index in [1.165, 1.54) is 0 Å². The van der Waals surface area contributed by atoms with E-state index in [4.69, 9.17) is 4.74 Å². The van der Waals surface area contributed by atoms with Crippen LogP contribution in [0.2, 0.25) is 0 Å². The Bertz CT molecular complexity index is 1100. The predicted molar refractivity (Wildman–Crippen MR) is 106 cm³/mol. The van der Waals surface area contributed by atoms with Crippen molar-refractivity contribution in [2.45, 2.75) is 20.0 Å². The van der Waals surface area contributed by atoms with Gasteiger partial charge in [0.1, 0.15) is 5.75 Å². The standard InChI is InChI=1S/C21H19N5O2/c1-14(2)28-18-10-8-17(9-11-18)23-20(27)16-6-4-15(5-7-16)19-24-25-21-22-12-3-13-26(19)21/h3-14H,1-2H3,(H,23,27). The second kappa shape index (κ2) is 7.48. The van der Waals surface area contributed by atoms with E-state index < -0.39 is 0 Å². The lowest BCUT2D eigenvalue weighted by Crippen LogP contribution is -2.12. The first-order valence-electron chi connectivity index (χ1n) is 8.94. The molecule has 0 fully saturated rings. The SMILES string of the molecule is CC(C)Oc1ccc(NC(=O)c2ccc(-c3nnc4ncccn34)cc2)cc1. The van der Waals surface area contributed by atoms with Gasteiger partial charge in [-0.25, -0.2) is 4.98 Å². The van der Waals surface area contributed by atoms with Crippen LogP contribution in [0.1, 0.15) is 24.2 Å². The fraction of sp³-hybridized carbons (Fsp3) is 0.143. The molecule has 0 aliphatic carbocycles. The molecule has 0 atom stereocenters. The molecule has 0 aliphatic heterocycles. The van der Waals surface area contributed by atoms with Gasteiger partial charge in [0, 0.05) is 29.2 Å². The topological polar surface area (TPSA) is 81.4 Å². The number of amides is 1. The van der Waals surface area contributed by atoms with Crippen LogP contribution in [0.25, 0.3) is 17.2 Å². The van der Waals surface area contributed by atoms with Gasteiger partial charge in [-0.15, -0.1) is 10.2 Å². The first kappa shape index (κ1) is 17.7. The van der Waals surface area contributed by atoms with E-state index in [9.17, 15) is 4.79 Å². The highest BCUT2D eigenvalue weighted by Crippen LogP contribution is 2.20. The summed E-state index contributed by atoms with van der Waals surface area (Å²) in [5.74, 6) is 1.80. The van der Waals surface area contributed by atoms with Gasteiger partial charge in [-0.3, -0.25) is 9.20 Å². The lowest BCUT2D eigenvalue weighted by molar-refractivity contribution is 0.102. The number of hydrogen-bond acceptors (Lipinski definition) is 5. The highest BCUT2D eigenvalue weighted by Gasteiger charge is 2.11. The Kier molecular flexibility index (Phi) is 4.72. The number of carbonyl (C=O) groups is 1. The molecule has 0 bridgehead atoms. The van der Waals surface area contributed by atoms with Gasteiger partial charge in [0.15, 0.2) is 5.82 Å². The van der Waals surface area contributed by atoms with Gasteiger partial charge in [0.05, 0.1) is 6.10 Å². The summed E-state index contributed by atoms with van der Waals surface area (Å²) >= 11 is 0. The minimum absolute atomic E-state index is 0.108. The van der Waals surface area contributed by atoms with Crippen LogP contribution < -0.4 is 10.1 Å². The second-order valence-electron chi connectivity index (χ2n) is 6.54. The molecule has 0 unspecified atom stereocenters. The molecule has 4 rings (SSSR count). The Hall–Kier alpha value is -3.74. The fourth-order valence-corrected chi connectivity index (χ4v) is 2.80. The summed E-state index contributed by atoms with van der Waals surface area (Å²) in [5, 5.41) is 11.1. The van der Waals surface area contributed by atoms with Crippen molar-refractivity contribution >= 4 is 17.4 Å². The maximum Gasteiger partial charge on any atom is 0.255 e. The molecule has 0 spiro atoms. The van der Waals surface area contributed by atoms with Gasteiger partial charge in [0.2, 0.25) is 0 Å². The molecule has 4 aromatic rings. The Labute approximate surface area is 162 Å². The van der Waals surface area contributed by atoms with E-state index in [1.807, 2.05) is 62.5 Å². The third kappa shape index (κ3) is 3.68. The predicted octanol–water partition coefficient (Wildman–Crippen LogP) is 3.83. The van der Waals surface area contributed by atoms with Crippen molar-refractivity contribution < 1.29 is 9.53 Å². The summed E-state index contributed by atoms with van der Waals surface area (Å²) in [4.78, 5) is 16.7. The molecule has 0 saturated carbocycles. The number of anilines is 1. The van der Waals surface area contributed by atoms with E-state index in [2.05, 4.69) is 20.5 Å². The van der Waals surface area contributed by atoms with Crippen LogP contribution in [-0.2, 0) is 0 Å². The van der Waals surface area contributed by atoms with E-state index in [0.29, 0.717) is 22.9 Å². The number of aromatic nitrogens is 4. The first-order chi connectivity index (χ1) is 13.6. The van der Waals surface area contributed by atoms with Gasteiger partial charge in [-0.1, -0.05) is 12.1 Å². The Morgan fingerprint density at radius 2 is 1.79 bits per heavy atom. The third-order valence-electron chi connectivity index (χ3n) is 4.08. The number of benzene rings is 2. The van der Waals surface area contributed by atoms with Crippen molar-refractivity contribution in [1.82, 2.24) is 19.6 Å². The quantitative estimate of drug-likeness (QED) is 0.575. The van der Waals surface area contributed by atoms with Gasteiger partial charge in [0.25, 0.3) is 11.7 Å². The smallest absolute Gasteiger partial charge is 0.255 e. The lowest BCUT2D eigenvalue weighted by Gasteiger charge is -2.10. The average Bonchev–Trinajstić information content (AvgIpc) is 3.13. The average molecular weight is 373 g/mol. The Balaban J connectivity index is 1.48. The summed E-state index contributed by atoms with van der Waals surface area (Å²) in [6.07, 6.45) is 3.63. The number of ether oxygens (including phenoxy) is 1. The molecule has 28 heavy (non-hydrogen) atoms. The van der Waals surface area contributed by atoms with Crippen LogP contribution >= 0.6 is 0 Å². The molecule has 2 aromatic carbocycles. The van der Waals surface area contributed by atoms with Crippen molar-refractivity contribution in [2.24, 2.45) is 0 Å². The van der Waals surface area contributed by atoms with Crippen molar-refractivity contribution in [3.8, 4) is 17.1 Å². The first-order valence-corrected chi connectivity index (χ1v) is 8.94. The molecule has 2 aromatic heterocycles. The Morgan fingerprint density at radius 3 is 2.50 bits per heavy atom. The molecule has 1 amide bonds. The minimum Gasteiger partial charge on any atom is -0.491 e. The molecule has 0 radical (unpaired) electrons. The zero-order chi connectivity index (χ0) is 19.5. The summed E-state index contributed by atoms with van der Waals surface area (Å²) in [5.41, 5.74) is 2.12. The maximum atomic E-state index is 12.5. The number of rotatable bonds is 5. The number of carbonyl (C=O) groups excluding carboxylic acids is 1. The largest absolute Gasteiger partial charge is 0.491 e. The number of fused-ring (bicyclic) bond motifs is 1. The number of nitrogens with zero attached hydrogens (tertiary/aromatic N) is 4. The molecule has 140 valence electrons.